The fraction of sp³-hybridized carbons (Fsp3) is 0.556. The first-order chi connectivity index (χ1) is 11.3. The summed E-state index contributed by atoms with van der Waals surface area (Å²) in [4.78, 5) is 14.8. The number of hydrogen-bond donors (Lipinski definition) is 1. The summed E-state index contributed by atoms with van der Waals surface area (Å²) in [5.74, 6) is 0.609. The fourth-order valence-corrected chi connectivity index (χ4v) is 4.26. The molecule has 1 N–H and O–H groups in total. The topological polar surface area (TPSA) is 49.2 Å². The van der Waals surface area contributed by atoms with Gasteiger partial charge in [0.25, 0.3) is 0 Å². The molecule has 0 saturated heterocycles. The van der Waals surface area contributed by atoms with Gasteiger partial charge in [0.05, 0.1) is 11.7 Å². The minimum atomic E-state index is 0.609. The molecule has 5 nitrogen and oxygen atoms in total. The fourth-order valence-electron chi connectivity index (χ4n) is 4.26. The van der Waals surface area contributed by atoms with E-state index in [2.05, 4.69) is 50.4 Å². The van der Waals surface area contributed by atoms with Crippen LogP contribution in [0.15, 0.2) is 24.7 Å². The van der Waals surface area contributed by atoms with Gasteiger partial charge in [-0.05, 0) is 44.8 Å². The van der Waals surface area contributed by atoms with Crippen molar-refractivity contribution >= 4 is 16.8 Å². The molecular formula is C18H25N5. The Morgan fingerprint density at radius 1 is 1.13 bits per heavy atom. The zero-order chi connectivity index (χ0) is 15.8. The van der Waals surface area contributed by atoms with E-state index in [1.807, 2.05) is 12.4 Å². The molecule has 0 aromatic carbocycles. The van der Waals surface area contributed by atoms with Gasteiger partial charge in [0.2, 0.25) is 0 Å². The number of aromatic nitrogens is 4. The molecule has 0 aliphatic heterocycles. The van der Waals surface area contributed by atoms with Crippen LogP contribution in [-0.4, -0.2) is 43.4 Å². The van der Waals surface area contributed by atoms with Gasteiger partial charge >= 0.3 is 0 Å². The summed E-state index contributed by atoms with van der Waals surface area (Å²) >= 11 is 0. The van der Waals surface area contributed by atoms with E-state index in [-0.39, 0.29) is 0 Å². The highest BCUT2D eigenvalue weighted by Crippen LogP contribution is 2.35. The number of nitrogens with one attached hydrogen (secondary N) is 1. The number of aromatic amines is 1. The van der Waals surface area contributed by atoms with E-state index in [1.54, 1.807) is 0 Å². The maximum atomic E-state index is 4.59. The molecule has 0 unspecified atom stereocenters. The molecule has 122 valence electrons. The predicted octanol–water partition coefficient (Wildman–Crippen LogP) is 3.58. The highest BCUT2D eigenvalue weighted by molar-refractivity contribution is 5.74. The first-order valence-corrected chi connectivity index (χ1v) is 8.85. The molecular weight excluding hydrogens is 286 g/mol. The lowest BCUT2D eigenvalue weighted by Crippen LogP contribution is -2.37. The Hall–Kier alpha value is -1.88. The van der Waals surface area contributed by atoms with E-state index in [0.29, 0.717) is 5.92 Å². The predicted molar refractivity (Wildman–Crippen MR) is 92.8 cm³/mol. The van der Waals surface area contributed by atoms with Crippen molar-refractivity contribution in [3.8, 4) is 0 Å². The average molecular weight is 311 g/mol. The smallest absolute Gasteiger partial charge is 0.156 e. The maximum absolute atomic E-state index is 4.59. The molecule has 0 amide bonds. The van der Waals surface area contributed by atoms with Gasteiger partial charge in [-0.15, -0.1) is 0 Å². The molecule has 1 aliphatic rings. The molecule has 1 saturated carbocycles. The third kappa shape index (κ3) is 2.43. The second-order valence-corrected chi connectivity index (χ2v) is 6.57. The zero-order valence-electron chi connectivity index (χ0n) is 14.0. The van der Waals surface area contributed by atoms with Crippen molar-refractivity contribution in [1.82, 2.24) is 24.3 Å². The van der Waals surface area contributed by atoms with Crippen LogP contribution in [0.5, 0.6) is 0 Å². The van der Waals surface area contributed by atoms with Crippen LogP contribution < -0.4 is 0 Å². The Bertz CT molecular complexity index is 790. The quantitative estimate of drug-likeness (QED) is 0.801. The Labute approximate surface area is 136 Å². The van der Waals surface area contributed by atoms with Crippen molar-refractivity contribution in [3.63, 3.8) is 0 Å². The largest absolute Gasteiger partial charge is 0.345 e. The Morgan fingerprint density at radius 2 is 1.91 bits per heavy atom. The molecule has 3 aromatic rings. The average Bonchev–Trinajstić information content (AvgIpc) is 3.22. The normalized spacial score (nSPS) is 22.4. The molecule has 0 radical (unpaired) electrons. The third-order valence-corrected chi connectivity index (χ3v) is 5.51. The molecule has 1 aliphatic carbocycles. The van der Waals surface area contributed by atoms with Crippen LogP contribution in [0, 0.1) is 0 Å². The first kappa shape index (κ1) is 14.7. The number of rotatable bonds is 4. The second kappa shape index (κ2) is 5.96. The maximum Gasteiger partial charge on any atom is 0.156 e. The third-order valence-electron chi connectivity index (χ3n) is 5.51. The van der Waals surface area contributed by atoms with Gasteiger partial charge < -0.3 is 9.88 Å². The Kier molecular flexibility index (Phi) is 3.81. The number of H-pyrrole nitrogens is 1. The van der Waals surface area contributed by atoms with Crippen molar-refractivity contribution in [2.45, 2.75) is 51.5 Å². The van der Waals surface area contributed by atoms with E-state index >= 15 is 0 Å². The first-order valence-electron chi connectivity index (χ1n) is 8.85. The summed E-state index contributed by atoms with van der Waals surface area (Å²) in [7, 11) is 0. The van der Waals surface area contributed by atoms with Crippen molar-refractivity contribution in [3.05, 3.63) is 30.4 Å². The number of nitrogens with zero attached hydrogens (tertiary/aromatic N) is 4. The standard InChI is InChI=1S/C18H25N5/c1-3-22(4-2)14-7-5-13(6-8-14)16-11-20-17-12-21-18-15(23(16)17)9-10-19-18/h9-14,19H,3-8H2,1-2H3. The number of fused-ring (bicyclic) bond motifs is 3. The van der Waals surface area contributed by atoms with Gasteiger partial charge in [-0.3, -0.25) is 4.40 Å². The zero-order valence-corrected chi connectivity index (χ0v) is 14.0. The van der Waals surface area contributed by atoms with Crippen LogP contribution >= 0.6 is 0 Å². The molecule has 1 fully saturated rings. The molecule has 0 atom stereocenters. The minimum absolute atomic E-state index is 0.609. The van der Waals surface area contributed by atoms with E-state index in [9.17, 15) is 0 Å². The van der Waals surface area contributed by atoms with Crippen molar-refractivity contribution in [2.75, 3.05) is 13.1 Å². The van der Waals surface area contributed by atoms with E-state index in [0.717, 1.165) is 35.9 Å². The minimum Gasteiger partial charge on any atom is -0.345 e. The summed E-state index contributed by atoms with van der Waals surface area (Å²) in [6, 6.07) is 2.86. The molecule has 3 aromatic heterocycles. The summed E-state index contributed by atoms with van der Waals surface area (Å²) < 4.78 is 2.29. The number of imidazole rings is 1. The molecule has 0 bridgehead atoms. The Morgan fingerprint density at radius 3 is 2.65 bits per heavy atom. The van der Waals surface area contributed by atoms with Crippen LogP contribution in [0.1, 0.15) is 51.1 Å². The summed E-state index contributed by atoms with van der Waals surface area (Å²) in [5.41, 5.74) is 4.39. The lowest BCUT2D eigenvalue weighted by atomic mass is 9.83. The molecule has 4 rings (SSSR count). The molecule has 0 spiro atoms. The van der Waals surface area contributed by atoms with Gasteiger partial charge in [0, 0.05) is 30.0 Å². The lowest BCUT2D eigenvalue weighted by molar-refractivity contribution is 0.163. The summed E-state index contributed by atoms with van der Waals surface area (Å²) in [6.45, 7) is 6.87. The van der Waals surface area contributed by atoms with Crippen LogP contribution in [0.4, 0.5) is 0 Å². The highest BCUT2D eigenvalue weighted by Gasteiger charge is 2.27. The van der Waals surface area contributed by atoms with Gasteiger partial charge in [-0.25, -0.2) is 9.97 Å². The monoisotopic (exact) mass is 311 g/mol. The highest BCUT2D eigenvalue weighted by atomic mass is 15.1. The van der Waals surface area contributed by atoms with Crippen LogP contribution in [-0.2, 0) is 0 Å². The summed E-state index contributed by atoms with van der Waals surface area (Å²) in [6.07, 6.45) is 11.0. The summed E-state index contributed by atoms with van der Waals surface area (Å²) in [5, 5.41) is 0. The molecule has 3 heterocycles. The number of hydrogen-bond acceptors (Lipinski definition) is 3. The van der Waals surface area contributed by atoms with Gasteiger partial charge in [-0.1, -0.05) is 13.8 Å². The van der Waals surface area contributed by atoms with E-state index < -0.39 is 0 Å². The van der Waals surface area contributed by atoms with Crippen molar-refractivity contribution in [2.24, 2.45) is 0 Å². The van der Waals surface area contributed by atoms with Gasteiger partial charge in [0.15, 0.2) is 11.3 Å². The van der Waals surface area contributed by atoms with Crippen molar-refractivity contribution in [1.29, 1.82) is 0 Å². The van der Waals surface area contributed by atoms with Gasteiger partial charge in [0.1, 0.15) is 0 Å². The lowest BCUT2D eigenvalue weighted by Gasteiger charge is -2.35. The van der Waals surface area contributed by atoms with E-state index in [4.69, 9.17) is 0 Å². The Balaban J connectivity index is 1.62. The molecule has 23 heavy (non-hydrogen) atoms. The van der Waals surface area contributed by atoms with Gasteiger partial charge in [-0.2, -0.15) is 0 Å². The van der Waals surface area contributed by atoms with E-state index in [1.165, 1.54) is 31.4 Å². The van der Waals surface area contributed by atoms with Crippen LogP contribution in [0.25, 0.3) is 16.8 Å². The van der Waals surface area contributed by atoms with Crippen LogP contribution in [0.3, 0.4) is 0 Å². The van der Waals surface area contributed by atoms with Crippen LogP contribution in [0.2, 0.25) is 0 Å². The SMILES string of the molecule is CCN(CC)C1CCC(c2cnc3cnc4[nH]ccc4n23)CC1. The second-order valence-electron chi connectivity index (χ2n) is 6.57. The molecule has 5 heteroatoms. The van der Waals surface area contributed by atoms with Crippen molar-refractivity contribution < 1.29 is 0 Å².